The second-order valence-electron chi connectivity index (χ2n) is 15.6. The maximum Gasteiger partial charge on any atom is 0.0543 e. The molecule has 0 amide bonds. The minimum absolute atomic E-state index is 0.145. The van der Waals surface area contributed by atoms with Gasteiger partial charge in [0.1, 0.15) is 0 Å². The summed E-state index contributed by atoms with van der Waals surface area (Å²) in [6.07, 6.45) is 0. The molecule has 0 unspecified atom stereocenters. The molecule has 0 heterocycles. The summed E-state index contributed by atoms with van der Waals surface area (Å²) < 4.78 is 0. The van der Waals surface area contributed by atoms with Crippen LogP contribution in [-0.2, 0) is 5.41 Å². The van der Waals surface area contributed by atoms with Crippen LogP contribution in [0.15, 0.2) is 224 Å². The lowest BCUT2D eigenvalue weighted by atomic mass is 9.82. The molecule has 0 radical (unpaired) electrons. The van der Waals surface area contributed by atoms with Crippen molar-refractivity contribution in [1.82, 2.24) is 0 Å². The third-order valence-electron chi connectivity index (χ3n) is 11.9. The quantitative estimate of drug-likeness (QED) is 0.150. The van der Waals surface area contributed by atoms with Crippen molar-refractivity contribution in [3.05, 3.63) is 236 Å². The second-order valence-corrected chi connectivity index (χ2v) is 15.6. The molecule has 1 aliphatic rings. The maximum absolute atomic E-state index is 2.53. The Labute approximate surface area is 342 Å². The fraction of sp³-hybridized carbons (Fsp3) is 0.0526. The molecule has 0 atom stereocenters. The van der Waals surface area contributed by atoms with Crippen LogP contribution >= 0.6 is 0 Å². The van der Waals surface area contributed by atoms with Crippen molar-refractivity contribution in [3.63, 3.8) is 0 Å². The van der Waals surface area contributed by atoms with E-state index in [9.17, 15) is 0 Å². The van der Waals surface area contributed by atoms with Crippen molar-refractivity contribution >= 4 is 17.1 Å². The van der Waals surface area contributed by atoms with E-state index in [1.54, 1.807) is 0 Å². The van der Waals surface area contributed by atoms with Gasteiger partial charge in [-0.1, -0.05) is 220 Å². The van der Waals surface area contributed by atoms with E-state index in [2.05, 4.69) is 243 Å². The molecule has 9 aromatic carbocycles. The molecule has 0 bridgehead atoms. The molecule has 0 spiro atoms. The average molecular weight is 742 g/mol. The van der Waals surface area contributed by atoms with Crippen LogP contribution < -0.4 is 4.90 Å². The van der Waals surface area contributed by atoms with Gasteiger partial charge in [-0.3, -0.25) is 0 Å². The van der Waals surface area contributed by atoms with Gasteiger partial charge in [-0.05, 0) is 79.4 Å². The van der Waals surface area contributed by atoms with Crippen LogP contribution in [0.3, 0.4) is 0 Å². The molecular weight excluding hydrogens is 699 g/mol. The predicted molar refractivity (Wildman–Crippen MR) is 246 cm³/mol. The lowest BCUT2D eigenvalue weighted by Crippen LogP contribution is -2.16. The summed E-state index contributed by atoms with van der Waals surface area (Å²) in [7, 11) is 0. The maximum atomic E-state index is 2.53. The monoisotopic (exact) mass is 741 g/mol. The van der Waals surface area contributed by atoms with Crippen LogP contribution in [0, 0.1) is 0 Å². The summed E-state index contributed by atoms with van der Waals surface area (Å²) in [6, 6.07) is 81.8. The Morgan fingerprint density at radius 2 is 0.638 bits per heavy atom. The van der Waals surface area contributed by atoms with Crippen LogP contribution in [0.4, 0.5) is 17.1 Å². The lowest BCUT2D eigenvalue weighted by molar-refractivity contribution is 0.660. The number of nitrogens with zero attached hydrogens (tertiary/aromatic N) is 1. The predicted octanol–water partition coefficient (Wildman–Crippen LogP) is 15.8. The van der Waals surface area contributed by atoms with Gasteiger partial charge in [-0.15, -0.1) is 0 Å². The highest BCUT2D eigenvalue weighted by Crippen LogP contribution is 2.56. The van der Waals surface area contributed by atoms with Gasteiger partial charge in [0.05, 0.1) is 17.1 Å². The van der Waals surface area contributed by atoms with Crippen molar-refractivity contribution in [3.8, 4) is 66.8 Å². The van der Waals surface area contributed by atoms with E-state index < -0.39 is 0 Å². The van der Waals surface area contributed by atoms with Gasteiger partial charge in [-0.25, -0.2) is 0 Å². The summed E-state index contributed by atoms with van der Waals surface area (Å²) in [4.78, 5) is 2.53. The molecule has 0 fully saturated rings. The topological polar surface area (TPSA) is 3.24 Å². The SMILES string of the molecule is CC1(C)c2ccccc2-c2c(N(c3ccccc3-c3ccc(-c4ccccc4)cc3)c3ccccc3-c3ccccc3-c3ccccc3-c3ccccc3)cccc21. The highest BCUT2D eigenvalue weighted by molar-refractivity contribution is 6.02. The molecule has 1 heteroatoms. The minimum Gasteiger partial charge on any atom is -0.309 e. The third kappa shape index (κ3) is 6.04. The molecule has 1 nitrogen and oxygen atoms in total. The number of rotatable bonds is 8. The number of hydrogen-bond donors (Lipinski definition) is 0. The number of anilines is 3. The fourth-order valence-electron chi connectivity index (χ4n) is 9.13. The smallest absolute Gasteiger partial charge is 0.0543 e. The molecule has 0 aliphatic heterocycles. The van der Waals surface area contributed by atoms with E-state index in [0.717, 1.165) is 11.4 Å². The van der Waals surface area contributed by atoms with Crippen molar-refractivity contribution < 1.29 is 0 Å². The van der Waals surface area contributed by atoms with Gasteiger partial charge < -0.3 is 4.90 Å². The Kier molecular flexibility index (Phi) is 8.92. The van der Waals surface area contributed by atoms with Crippen LogP contribution in [0.5, 0.6) is 0 Å². The molecule has 1 aliphatic carbocycles. The van der Waals surface area contributed by atoms with Gasteiger partial charge in [0.15, 0.2) is 0 Å². The van der Waals surface area contributed by atoms with E-state index in [1.165, 1.54) is 83.6 Å². The Morgan fingerprint density at radius 1 is 0.259 bits per heavy atom. The van der Waals surface area contributed by atoms with E-state index in [-0.39, 0.29) is 5.41 Å². The molecule has 9 aromatic rings. The van der Waals surface area contributed by atoms with Gasteiger partial charge in [-0.2, -0.15) is 0 Å². The van der Waals surface area contributed by atoms with Gasteiger partial charge in [0, 0.05) is 22.1 Å². The van der Waals surface area contributed by atoms with Crippen molar-refractivity contribution in [2.45, 2.75) is 19.3 Å². The number of fused-ring (bicyclic) bond motifs is 3. The lowest BCUT2D eigenvalue weighted by Gasteiger charge is -2.32. The molecule has 0 saturated carbocycles. The zero-order chi connectivity index (χ0) is 39.1. The first kappa shape index (κ1) is 35.2. The summed E-state index contributed by atoms with van der Waals surface area (Å²) in [6.45, 7) is 4.73. The standard InChI is InChI=1S/C57H43N/c1-57(2)51-31-16-13-30-50(51)56-52(57)32-19-35-55(56)58(53-33-17-14-25-45(53)43-38-36-41(37-39-43)40-20-5-3-6-21-40)54-34-18-15-29-49(54)48-28-12-11-27-47(48)46-26-10-9-24-44(46)42-22-7-4-8-23-42/h3-39H,1-2H3. The number of hydrogen-bond acceptors (Lipinski definition) is 1. The average Bonchev–Trinajstić information content (AvgIpc) is 3.54. The summed E-state index contributed by atoms with van der Waals surface area (Å²) in [5.74, 6) is 0. The first-order chi connectivity index (χ1) is 28.6. The first-order valence-electron chi connectivity index (χ1n) is 20.2. The minimum atomic E-state index is -0.145. The Morgan fingerprint density at radius 3 is 1.29 bits per heavy atom. The molecule has 10 rings (SSSR count). The van der Waals surface area contributed by atoms with E-state index in [0.29, 0.717) is 0 Å². The summed E-state index contributed by atoms with van der Waals surface area (Å²) in [5, 5.41) is 0. The van der Waals surface area contributed by atoms with Gasteiger partial charge >= 0.3 is 0 Å². The van der Waals surface area contributed by atoms with Crippen LogP contribution in [0.2, 0.25) is 0 Å². The number of benzene rings is 9. The third-order valence-corrected chi connectivity index (χ3v) is 11.9. The van der Waals surface area contributed by atoms with Crippen LogP contribution in [0.1, 0.15) is 25.0 Å². The van der Waals surface area contributed by atoms with E-state index in [1.807, 2.05) is 0 Å². The molecule has 0 N–H and O–H groups in total. The molecule has 276 valence electrons. The zero-order valence-corrected chi connectivity index (χ0v) is 32.8. The molecule has 0 saturated heterocycles. The molecular formula is C57H43N. The summed E-state index contributed by atoms with van der Waals surface area (Å²) in [5.41, 5.74) is 20.5. The normalized spacial score (nSPS) is 12.4. The highest BCUT2D eigenvalue weighted by Gasteiger charge is 2.38. The van der Waals surface area contributed by atoms with Crippen LogP contribution in [0.25, 0.3) is 66.8 Å². The van der Waals surface area contributed by atoms with Crippen molar-refractivity contribution in [1.29, 1.82) is 0 Å². The Hall–Kier alpha value is -7.22. The zero-order valence-electron chi connectivity index (χ0n) is 32.8. The highest BCUT2D eigenvalue weighted by atomic mass is 15.2. The first-order valence-corrected chi connectivity index (χ1v) is 20.2. The van der Waals surface area contributed by atoms with Gasteiger partial charge in [0.25, 0.3) is 0 Å². The molecule has 0 aromatic heterocycles. The van der Waals surface area contributed by atoms with E-state index in [4.69, 9.17) is 0 Å². The van der Waals surface area contributed by atoms with E-state index >= 15 is 0 Å². The Bertz CT molecular complexity index is 2900. The fourth-order valence-corrected chi connectivity index (χ4v) is 9.13. The van der Waals surface area contributed by atoms with Gasteiger partial charge in [0.2, 0.25) is 0 Å². The van der Waals surface area contributed by atoms with Crippen molar-refractivity contribution in [2.24, 2.45) is 0 Å². The number of para-hydroxylation sites is 2. The van der Waals surface area contributed by atoms with Crippen molar-refractivity contribution in [2.75, 3.05) is 4.90 Å². The van der Waals surface area contributed by atoms with Crippen LogP contribution in [-0.4, -0.2) is 0 Å². The summed E-state index contributed by atoms with van der Waals surface area (Å²) >= 11 is 0. The molecule has 58 heavy (non-hydrogen) atoms. The second kappa shape index (κ2) is 14.7. The largest absolute Gasteiger partial charge is 0.309 e. The Balaban J connectivity index is 1.22.